The lowest BCUT2D eigenvalue weighted by atomic mass is 9.98. The van der Waals surface area contributed by atoms with Gasteiger partial charge in [-0.15, -0.1) is 0 Å². The normalized spacial score (nSPS) is 21.5. The molecule has 4 rings (SSSR count). The topological polar surface area (TPSA) is 131 Å². The lowest BCUT2D eigenvalue weighted by Gasteiger charge is -2.37. The Morgan fingerprint density at radius 3 is 2.82 bits per heavy atom. The number of piperidine rings is 1. The molecule has 3 amide bonds. The van der Waals surface area contributed by atoms with Crippen LogP contribution in [0.4, 0.5) is 9.59 Å². The average molecular weight is 485 g/mol. The fraction of sp³-hybridized carbons (Fsp3) is 0.348. The van der Waals surface area contributed by atoms with Crippen molar-refractivity contribution in [3.05, 3.63) is 46.6 Å². The molecule has 0 bridgehead atoms. The van der Waals surface area contributed by atoms with Crippen molar-refractivity contribution in [3.8, 4) is 17.5 Å². The highest BCUT2D eigenvalue weighted by Gasteiger charge is 2.32. The van der Waals surface area contributed by atoms with Crippen LogP contribution in [0.5, 0.6) is 17.5 Å². The van der Waals surface area contributed by atoms with Crippen LogP contribution in [-0.2, 0) is 4.79 Å². The number of carboxylic acid groups (broad SMARTS) is 1. The molecule has 34 heavy (non-hydrogen) atoms. The van der Waals surface area contributed by atoms with Crippen molar-refractivity contribution >= 4 is 35.1 Å². The van der Waals surface area contributed by atoms with Gasteiger partial charge in [0, 0.05) is 25.4 Å². The molecule has 11 heteroatoms. The Kier molecular flexibility index (Phi) is 7.01. The van der Waals surface area contributed by atoms with Gasteiger partial charge in [-0.1, -0.05) is 19.1 Å². The number of hydrogen-bond acceptors (Lipinski definition) is 8. The summed E-state index contributed by atoms with van der Waals surface area (Å²) in [6, 6.07) is 6.96. The van der Waals surface area contributed by atoms with Crippen LogP contribution in [0.15, 0.2) is 35.5 Å². The van der Waals surface area contributed by atoms with Gasteiger partial charge in [0.1, 0.15) is 18.2 Å². The number of likely N-dealkylation sites (tertiary alicyclic amines) is 1. The second-order valence-corrected chi connectivity index (χ2v) is 8.95. The van der Waals surface area contributed by atoms with Crippen LogP contribution in [0.2, 0.25) is 0 Å². The third kappa shape index (κ3) is 5.30. The van der Waals surface area contributed by atoms with E-state index in [1.54, 1.807) is 37.3 Å². The summed E-state index contributed by atoms with van der Waals surface area (Å²) in [5.41, 5.74) is 1.32. The Labute approximate surface area is 200 Å². The summed E-state index contributed by atoms with van der Waals surface area (Å²) in [6.07, 6.45) is 3.79. The summed E-state index contributed by atoms with van der Waals surface area (Å²) in [6.45, 7) is 4.17. The number of benzene rings is 1. The molecular formula is C23H24N4O6S. The Morgan fingerprint density at radius 1 is 1.32 bits per heavy atom. The lowest BCUT2D eigenvalue weighted by Crippen LogP contribution is -2.48. The molecule has 2 atom stereocenters. The van der Waals surface area contributed by atoms with Crippen molar-refractivity contribution in [3.63, 3.8) is 0 Å². The predicted octanol–water partition coefficient (Wildman–Crippen LogP) is 4.20. The second-order valence-electron chi connectivity index (χ2n) is 7.94. The van der Waals surface area contributed by atoms with Crippen LogP contribution in [0.25, 0.3) is 6.08 Å². The zero-order valence-electron chi connectivity index (χ0n) is 18.7. The molecule has 2 saturated heterocycles. The van der Waals surface area contributed by atoms with Gasteiger partial charge in [0.2, 0.25) is 11.8 Å². The maximum atomic E-state index is 11.8. The van der Waals surface area contributed by atoms with Gasteiger partial charge in [0.15, 0.2) is 0 Å². The molecule has 1 aromatic heterocycles. The molecular weight excluding hydrogens is 460 g/mol. The van der Waals surface area contributed by atoms with Crippen molar-refractivity contribution in [2.75, 3.05) is 6.54 Å². The number of thioether (sulfide) groups is 1. The molecule has 2 aromatic rings. The third-order valence-electron chi connectivity index (χ3n) is 5.67. The van der Waals surface area contributed by atoms with Gasteiger partial charge in [-0.05, 0) is 48.9 Å². The largest absolute Gasteiger partial charge is 0.474 e. The summed E-state index contributed by atoms with van der Waals surface area (Å²) >= 11 is 0.851. The minimum atomic E-state index is -0.907. The standard InChI is InChI=1S/C23H24N4O6S/c1-3-15-11-17(7-8-27(15)23(30)31)33-21-13(2)20(24-12-25-21)32-16-6-4-5-14(9-16)10-18-19(28)26-22(29)34-18/h4-6,9-10,12,15,17H,3,7-8,11H2,1-2H3,(H,30,31)(H,26,28,29)/b18-10-. The highest BCUT2D eigenvalue weighted by molar-refractivity contribution is 8.18. The molecule has 0 spiro atoms. The number of nitrogens with zero attached hydrogens (tertiary/aromatic N) is 3. The highest BCUT2D eigenvalue weighted by Crippen LogP contribution is 2.32. The van der Waals surface area contributed by atoms with Gasteiger partial charge in [-0.2, -0.15) is 0 Å². The minimum Gasteiger partial charge on any atom is -0.474 e. The maximum Gasteiger partial charge on any atom is 0.407 e. The fourth-order valence-corrected chi connectivity index (χ4v) is 4.59. The van der Waals surface area contributed by atoms with Crippen molar-refractivity contribution in [1.82, 2.24) is 20.2 Å². The van der Waals surface area contributed by atoms with E-state index in [1.807, 2.05) is 6.92 Å². The van der Waals surface area contributed by atoms with Crippen molar-refractivity contribution in [1.29, 1.82) is 0 Å². The number of carbonyl (C=O) groups is 3. The van der Waals surface area contributed by atoms with E-state index < -0.39 is 17.2 Å². The zero-order valence-corrected chi connectivity index (χ0v) is 19.5. The molecule has 0 saturated carbocycles. The summed E-state index contributed by atoms with van der Waals surface area (Å²) < 4.78 is 12.1. The molecule has 3 heterocycles. The molecule has 2 aliphatic rings. The van der Waals surface area contributed by atoms with Gasteiger partial charge < -0.3 is 19.5 Å². The third-order valence-corrected chi connectivity index (χ3v) is 6.48. The van der Waals surface area contributed by atoms with E-state index in [0.29, 0.717) is 59.3 Å². The summed E-state index contributed by atoms with van der Waals surface area (Å²) in [5.74, 6) is 0.796. The average Bonchev–Trinajstić information content (AvgIpc) is 3.12. The molecule has 10 nitrogen and oxygen atoms in total. The SMILES string of the molecule is CCC1CC(Oc2ncnc(Oc3cccc(/C=C4\SC(=O)NC4=O)c3)c2C)CCN1C(=O)O. The van der Waals surface area contributed by atoms with Gasteiger partial charge in [-0.3, -0.25) is 14.9 Å². The summed E-state index contributed by atoms with van der Waals surface area (Å²) in [7, 11) is 0. The monoisotopic (exact) mass is 484 g/mol. The zero-order chi connectivity index (χ0) is 24.2. The van der Waals surface area contributed by atoms with E-state index in [2.05, 4.69) is 15.3 Å². The van der Waals surface area contributed by atoms with Gasteiger partial charge in [0.05, 0.1) is 10.5 Å². The Hall–Kier alpha value is -3.60. The Morgan fingerprint density at radius 2 is 2.12 bits per heavy atom. The quantitative estimate of drug-likeness (QED) is 0.579. The summed E-state index contributed by atoms with van der Waals surface area (Å²) in [5, 5.41) is 11.2. The van der Waals surface area contributed by atoms with E-state index >= 15 is 0 Å². The highest BCUT2D eigenvalue weighted by atomic mass is 32.2. The molecule has 2 N–H and O–H groups in total. The first-order chi connectivity index (χ1) is 16.3. The molecule has 2 aliphatic heterocycles. The smallest absolute Gasteiger partial charge is 0.407 e. The van der Waals surface area contributed by atoms with Crippen LogP contribution in [0, 0.1) is 6.92 Å². The van der Waals surface area contributed by atoms with Gasteiger partial charge in [0.25, 0.3) is 11.1 Å². The van der Waals surface area contributed by atoms with Crippen LogP contribution in [0.3, 0.4) is 0 Å². The number of carbonyl (C=O) groups excluding carboxylic acids is 2. The van der Waals surface area contributed by atoms with Crippen LogP contribution in [-0.4, -0.2) is 55.9 Å². The molecule has 2 unspecified atom stereocenters. The first kappa shape index (κ1) is 23.6. The molecule has 178 valence electrons. The number of amides is 3. The van der Waals surface area contributed by atoms with Crippen LogP contribution < -0.4 is 14.8 Å². The van der Waals surface area contributed by atoms with Gasteiger partial charge >= 0.3 is 6.09 Å². The van der Waals surface area contributed by atoms with E-state index in [1.165, 1.54) is 11.2 Å². The predicted molar refractivity (Wildman–Crippen MR) is 125 cm³/mol. The number of hydrogen-bond donors (Lipinski definition) is 2. The first-order valence-corrected chi connectivity index (χ1v) is 11.7. The molecule has 1 aromatic carbocycles. The number of nitrogens with one attached hydrogen (secondary N) is 1. The van der Waals surface area contributed by atoms with Crippen molar-refractivity contribution < 1.29 is 29.0 Å². The van der Waals surface area contributed by atoms with E-state index in [-0.39, 0.29) is 12.1 Å². The Balaban J connectivity index is 1.47. The summed E-state index contributed by atoms with van der Waals surface area (Å²) in [4.78, 5) is 44.8. The first-order valence-electron chi connectivity index (χ1n) is 10.8. The van der Waals surface area contributed by atoms with Gasteiger partial charge in [-0.25, -0.2) is 14.8 Å². The minimum absolute atomic E-state index is 0.0959. The molecule has 0 radical (unpaired) electrons. The van der Waals surface area contributed by atoms with Crippen LogP contribution in [0.1, 0.15) is 37.3 Å². The molecule has 0 aliphatic carbocycles. The Bertz CT molecular complexity index is 1150. The van der Waals surface area contributed by atoms with Crippen molar-refractivity contribution in [2.45, 2.75) is 45.3 Å². The van der Waals surface area contributed by atoms with Crippen LogP contribution >= 0.6 is 11.8 Å². The second kappa shape index (κ2) is 10.1. The number of aromatic nitrogens is 2. The maximum absolute atomic E-state index is 11.8. The van der Waals surface area contributed by atoms with E-state index in [0.717, 1.165) is 11.8 Å². The van der Waals surface area contributed by atoms with E-state index in [9.17, 15) is 19.5 Å². The van der Waals surface area contributed by atoms with E-state index in [4.69, 9.17) is 9.47 Å². The number of imide groups is 1. The fourth-order valence-electron chi connectivity index (χ4n) is 3.91. The molecule has 2 fully saturated rings. The lowest BCUT2D eigenvalue weighted by molar-refractivity contribution is -0.115. The van der Waals surface area contributed by atoms with Crippen molar-refractivity contribution in [2.24, 2.45) is 0 Å². The number of ether oxygens (including phenoxy) is 2. The number of rotatable bonds is 6.